The topological polar surface area (TPSA) is 36.9 Å². The predicted molar refractivity (Wildman–Crippen MR) is 61.3 cm³/mol. The minimum absolute atomic E-state index is 0. The molecule has 0 rings (SSSR count). The molecule has 6 heteroatoms. The van der Waals surface area contributed by atoms with Crippen LogP contribution in [0, 0.1) is 7.43 Å². The summed E-state index contributed by atoms with van der Waals surface area (Å²) in [6.45, 7) is 9.80. The molecule has 0 saturated carbocycles. The largest absolute Gasteiger partial charge is 0.679 e. The van der Waals surface area contributed by atoms with E-state index in [2.05, 4.69) is 0 Å². The third-order valence-electron chi connectivity index (χ3n) is 1.28. The van der Waals surface area contributed by atoms with Crippen LogP contribution in [-0.4, -0.2) is 46.4 Å². The molecule has 0 saturated heterocycles. The van der Waals surface area contributed by atoms with Gasteiger partial charge in [-0.05, 0) is 27.7 Å². The molecule has 0 aromatic rings. The molecule has 4 nitrogen and oxygen atoms in total. The summed E-state index contributed by atoms with van der Waals surface area (Å²) in [4.78, 5) is 0. The molecule has 0 aliphatic rings. The van der Waals surface area contributed by atoms with Crippen LogP contribution in [0.2, 0.25) is 0 Å². The Morgan fingerprint density at radius 2 is 0.867 bits per heavy atom. The quantitative estimate of drug-likeness (QED) is 0.606. The van der Waals surface area contributed by atoms with Crippen LogP contribution in [0.25, 0.3) is 0 Å². The van der Waals surface area contributed by atoms with Gasteiger partial charge in [-0.3, -0.25) is 0 Å². The highest BCUT2D eigenvalue weighted by Gasteiger charge is 2.44. The van der Waals surface area contributed by atoms with Crippen molar-refractivity contribution in [2.24, 2.45) is 0 Å². The van der Waals surface area contributed by atoms with Crippen LogP contribution in [0.1, 0.15) is 27.7 Å². The Balaban J connectivity index is -0.000000720. The fraction of sp³-hybridized carbons (Fsp3) is 0.889. The Kier molecular flexibility index (Phi) is 17.0. The van der Waals surface area contributed by atoms with Crippen molar-refractivity contribution in [3.05, 3.63) is 7.43 Å². The van der Waals surface area contributed by atoms with E-state index in [1.54, 1.807) is 0 Å². The maximum absolute atomic E-state index is 5.42. The fourth-order valence-corrected chi connectivity index (χ4v) is 2.87. The van der Waals surface area contributed by atoms with Gasteiger partial charge in [-0.15, -0.1) is 0 Å². The summed E-state index contributed by atoms with van der Waals surface area (Å²) in [7, 11) is -2.80. The third kappa shape index (κ3) is 8.12. The Labute approximate surface area is 99.8 Å². The smallest absolute Gasteiger partial charge is 0.351 e. The molecule has 0 aliphatic heterocycles. The van der Waals surface area contributed by atoms with Crippen molar-refractivity contribution in [1.29, 1.82) is 0 Å². The van der Waals surface area contributed by atoms with Crippen molar-refractivity contribution < 1.29 is 17.7 Å². The summed E-state index contributed by atoms with van der Waals surface area (Å²) in [5, 5.41) is 0. The lowest BCUT2D eigenvalue weighted by Crippen LogP contribution is -2.49. The lowest BCUT2D eigenvalue weighted by Gasteiger charge is -2.26. The average molecular weight is 248 g/mol. The molecule has 88 valence electrons. The Hall–Kier alpha value is 0.274. The molecule has 0 amide bonds. The Morgan fingerprint density at radius 1 is 0.667 bits per heavy atom. The second-order valence-electron chi connectivity index (χ2n) is 2.23. The van der Waals surface area contributed by atoms with Gasteiger partial charge in [0.2, 0.25) is 0 Å². The minimum atomic E-state index is -2.80. The zero-order valence-corrected chi connectivity index (χ0v) is 12.0. The SMILES string of the molecule is CCO[Si](OCC)(OCC)OCC.[C].[Si]. The van der Waals surface area contributed by atoms with Crippen molar-refractivity contribution in [3.63, 3.8) is 0 Å². The highest BCUT2D eigenvalue weighted by Crippen LogP contribution is 2.11. The maximum Gasteiger partial charge on any atom is 0.679 e. The van der Waals surface area contributed by atoms with Crippen molar-refractivity contribution in [3.8, 4) is 0 Å². The van der Waals surface area contributed by atoms with Gasteiger partial charge < -0.3 is 17.7 Å². The van der Waals surface area contributed by atoms with Crippen molar-refractivity contribution in [2.75, 3.05) is 26.4 Å². The first-order valence-electron chi connectivity index (χ1n) is 4.80. The van der Waals surface area contributed by atoms with Crippen LogP contribution in [0.5, 0.6) is 0 Å². The van der Waals surface area contributed by atoms with Gasteiger partial charge in [-0.1, -0.05) is 0 Å². The summed E-state index contributed by atoms with van der Waals surface area (Å²) in [6.07, 6.45) is 0. The summed E-state index contributed by atoms with van der Waals surface area (Å²) in [5.41, 5.74) is 0. The van der Waals surface area contributed by atoms with E-state index in [1.807, 2.05) is 27.7 Å². The molecule has 15 heavy (non-hydrogen) atoms. The molecule has 0 aromatic heterocycles. The monoisotopic (exact) mass is 248 g/mol. The van der Waals surface area contributed by atoms with Gasteiger partial charge in [0, 0.05) is 44.8 Å². The summed E-state index contributed by atoms with van der Waals surface area (Å²) in [5.74, 6) is 0. The van der Waals surface area contributed by atoms with Gasteiger partial charge in [0.05, 0.1) is 0 Å². The number of hydrogen-bond donors (Lipinski definition) is 0. The molecule has 0 fully saturated rings. The molecule has 0 spiro atoms. The van der Waals surface area contributed by atoms with Crippen molar-refractivity contribution in [1.82, 2.24) is 0 Å². The summed E-state index contributed by atoms with van der Waals surface area (Å²) >= 11 is 0. The van der Waals surface area contributed by atoms with Crippen LogP contribution in [-0.2, 0) is 17.7 Å². The third-order valence-corrected chi connectivity index (χ3v) is 3.85. The van der Waals surface area contributed by atoms with Crippen LogP contribution in [0.15, 0.2) is 0 Å². The lowest BCUT2D eigenvalue weighted by molar-refractivity contribution is -0.0247. The van der Waals surface area contributed by atoms with E-state index < -0.39 is 9.05 Å². The Morgan fingerprint density at radius 3 is 1.00 bits per heavy atom. The maximum atomic E-state index is 5.42. The highest BCUT2D eigenvalue weighted by atomic mass is 28.4. The van der Waals surface area contributed by atoms with Gasteiger partial charge in [-0.2, -0.15) is 0 Å². The van der Waals surface area contributed by atoms with E-state index in [-0.39, 0.29) is 18.4 Å². The van der Waals surface area contributed by atoms with E-state index >= 15 is 0 Å². The highest BCUT2D eigenvalue weighted by molar-refractivity contribution is 6.53. The second-order valence-corrected chi connectivity index (χ2v) is 4.39. The summed E-state index contributed by atoms with van der Waals surface area (Å²) in [6, 6.07) is 0. The fourth-order valence-electron chi connectivity index (χ4n) is 0.957. The van der Waals surface area contributed by atoms with Crippen LogP contribution in [0.4, 0.5) is 0 Å². The number of rotatable bonds is 8. The first-order valence-corrected chi connectivity index (χ1v) is 6.43. The lowest BCUT2D eigenvalue weighted by atomic mass is 10.9. The first-order chi connectivity index (χ1) is 6.24. The number of hydrogen-bond acceptors (Lipinski definition) is 4. The Bertz CT molecular complexity index is 95.2. The normalized spacial score (nSPS) is 10.4. The molecule has 0 heterocycles. The molecule has 0 aromatic carbocycles. The van der Waals surface area contributed by atoms with Gasteiger partial charge >= 0.3 is 9.05 Å². The standard InChI is InChI=1S/C8H20O4Si.C.Si/c1-5-9-13(10-6-2,11-7-3)12-8-4;;/h5-8H2,1-4H3;;. The zero-order chi connectivity index (χ0) is 10.2. The van der Waals surface area contributed by atoms with Gasteiger partial charge in [-0.25, -0.2) is 0 Å². The molecule has 0 bridgehead atoms. The zero-order valence-electron chi connectivity index (χ0n) is 9.96. The molecule has 0 unspecified atom stereocenters. The van der Waals surface area contributed by atoms with E-state index in [0.29, 0.717) is 26.4 Å². The predicted octanol–water partition coefficient (Wildman–Crippen LogP) is 1.27. The minimum Gasteiger partial charge on any atom is -0.351 e. The van der Waals surface area contributed by atoms with Crippen molar-refractivity contribution in [2.45, 2.75) is 27.7 Å². The molecular formula is C9H20O4Si2. The average Bonchev–Trinajstić information content (AvgIpc) is 2.06. The van der Waals surface area contributed by atoms with Gasteiger partial charge in [0.25, 0.3) is 0 Å². The van der Waals surface area contributed by atoms with E-state index in [4.69, 9.17) is 17.7 Å². The van der Waals surface area contributed by atoms with Crippen LogP contribution in [0.3, 0.4) is 0 Å². The summed E-state index contributed by atoms with van der Waals surface area (Å²) < 4.78 is 21.7. The molecular weight excluding hydrogens is 228 g/mol. The first kappa shape index (κ1) is 20.7. The molecule has 0 atom stereocenters. The second kappa shape index (κ2) is 12.3. The van der Waals surface area contributed by atoms with E-state index in [0.717, 1.165) is 0 Å². The van der Waals surface area contributed by atoms with E-state index in [9.17, 15) is 0 Å². The van der Waals surface area contributed by atoms with Gasteiger partial charge in [0.1, 0.15) is 0 Å². The van der Waals surface area contributed by atoms with Crippen LogP contribution >= 0.6 is 0 Å². The molecule has 0 aliphatic carbocycles. The van der Waals surface area contributed by atoms with Crippen molar-refractivity contribution >= 4 is 20.0 Å². The van der Waals surface area contributed by atoms with Gasteiger partial charge in [0.15, 0.2) is 0 Å². The van der Waals surface area contributed by atoms with Crippen LogP contribution < -0.4 is 0 Å². The molecule has 8 radical (unpaired) electrons. The molecule has 0 N–H and O–H groups in total. The van der Waals surface area contributed by atoms with E-state index in [1.165, 1.54) is 0 Å².